The van der Waals surface area contributed by atoms with Crippen molar-refractivity contribution < 1.29 is 14.5 Å². The van der Waals surface area contributed by atoms with Gasteiger partial charge in [0.15, 0.2) is 0 Å². The van der Waals surface area contributed by atoms with Gasteiger partial charge in [-0.15, -0.1) is 0 Å². The predicted octanol–water partition coefficient (Wildman–Crippen LogP) is 4.14. The fourth-order valence-corrected chi connectivity index (χ4v) is 4.61. The van der Waals surface area contributed by atoms with Crippen molar-refractivity contribution in [1.29, 1.82) is 0 Å². The largest absolute Gasteiger partial charge is 0.496 e. The highest BCUT2D eigenvalue weighted by molar-refractivity contribution is 8.26. The second-order valence-electron chi connectivity index (χ2n) is 6.03. The molecule has 8 heteroatoms. The molecular formula is C17H18N2O4S2. The van der Waals surface area contributed by atoms with Crippen LogP contribution in [0.1, 0.15) is 37.7 Å². The summed E-state index contributed by atoms with van der Waals surface area (Å²) in [7, 11) is 1.49. The molecule has 0 unspecified atom stereocenters. The molecule has 6 nitrogen and oxygen atoms in total. The minimum Gasteiger partial charge on any atom is -0.496 e. The summed E-state index contributed by atoms with van der Waals surface area (Å²) in [6, 6.07) is 4.49. The van der Waals surface area contributed by atoms with Crippen LogP contribution in [0.5, 0.6) is 5.75 Å². The van der Waals surface area contributed by atoms with Gasteiger partial charge in [0.25, 0.3) is 11.6 Å². The van der Waals surface area contributed by atoms with Gasteiger partial charge in [-0.25, -0.2) is 0 Å². The summed E-state index contributed by atoms with van der Waals surface area (Å²) in [5, 5.41) is 11.0. The molecule has 1 aliphatic heterocycles. The zero-order chi connectivity index (χ0) is 18.0. The maximum absolute atomic E-state index is 12.8. The van der Waals surface area contributed by atoms with E-state index in [1.165, 1.54) is 43.5 Å². The van der Waals surface area contributed by atoms with Crippen LogP contribution in [-0.4, -0.2) is 33.2 Å². The third-order valence-corrected chi connectivity index (χ3v) is 5.80. The maximum atomic E-state index is 12.8. The fraction of sp³-hybridized carbons (Fsp3) is 0.412. The number of hydrogen-bond acceptors (Lipinski definition) is 6. The number of amides is 1. The van der Waals surface area contributed by atoms with Gasteiger partial charge in [-0.05, 0) is 25.0 Å². The van der Waals surface area contributed by atoms with Gasteiger partial charge in [-0.3, -0.25) is 19.8 Å². The zero-order valence-corrected chi connectivity index (χ0v) is 15.4. The molecule has 0 radical (unpaired) electrons. The van der Waals surface area contributed by atoms with Crippen molar-refractivity contribution in [3.8, 4) is 5.75 Å². The van der Waals surface area contributed by atoms with Gasteiger partial charge < -0.3 is 4.74 Å². The number of thioether (sulfide) groups is 1. The van der Waals surface area contributed by atoms with Crippen molar-refractivity contribution in [3.05, 3.63) is 38.8 Å². The van der Waals surface area contributed by atoms with Gasteiger partial charge in [0, 0.05) is 23.7 Å². The van der Waals surface area contributed by atoms with Crippen LogP contribution in [0.15, 0.2) is 23.1 Å². The monoisotopic (exact) mass is 378 g/mol. The van der Waals surface area contributed by atoms with E-state index in [4.69, 9.17) is 17.0 Å². The Kier molecular flexibility index (Phi) is 5.39. The third-order valence-electron chi connectivity index (χ3n) is 4.47. The second kappa shape index (κ2) is 7.53. The molecule has 1 heterocycles. The number of carbonyl (C=O) groups excluding carboxylic acids is 1. The Hall–Kier alpha value is -1.93. The Morgan fingerprint density at radius 1 is 1.36 bits per heavy atom. The van der Waals surface area contributed by atoms with Crippen LogP contribution >= 0.6 is 24.0 Å². The van der Waals surface area contributed by atoms with Crippen LogP contribution in [0.4, 0.5) is 5.69 Å². The molecule has 1 aliphatic carbocycles. The molecule has 1 aromatic carbocycles. The molecule has 1 saturated heterocycles. The van der Waals surface area contributed by atoms with E-state index in [1.807, 2.05) is 0 Å². The predicted molar refractivity (Wildman–Crippen MR) is 102 cm³/mol. The quantitative estimate of drug-likeness (QED) is 0.339. The van der Waals surface area contributed by atoms with Crippen LogP contribution in [0.25, 0.3) is 6.08 Å². The van der Waals surface area contributed by atoms with E-state index in [-0.39, 0.29) is 17.6 Å². The molecule has 1 aromatic rings. The van der Waals surface area contributed by atoms with Crippen LogP contribution < -0.4 is 4.74 Å². The lowest BCUT2D eigenvalue weighted by molar-refractivity contribution is -0.384. The lowest BCUT2D eigenvalue weighted by Gasteiger charge is -2.29. The fourth-order valence-electron chi connectivity index (χ4n) is 3.22. The SMILES string of the molecule is COc1ccc([N+](=O)[O-])cc1/C=C1/SC(=S)N(C2CCCCC2)C1=O. The summed E-state index contributed by atoms with van der Waals surface area (Å²) in [6.45, 7) is 0. The van der Waals surface area contributed by atoms with Gasteiger partial charge in [0.2, 0.25) is 0 Å². The number of nitro benzene ring substituents is 1. The molecule has 0 spiro atoms. The topological polar surface area (TPSA) is 72.7 Å². The van der Waals surface area contributed by atoms with Crippen LogP contribution in [0.3, 0.4) is 0 Å². The number of carbonyl (C=O) groups is 1. The number of thiocarbonyl (C=S) groups is 1. The summed E-state index contributed by atoms with van der Waals surface area (Å²) in [4.78, 5) is 25.6. The highest BCUT2D eigenvalue weighted by Crippen LogP contribution is 2.38. The molecule has 1 amide bonds. The van der Waals surface area contributed by atoms with Gasteiger partial charge in [0.05, 0.1) is 16.9 Å². The van der Waals surface area contributed by atoms with Crippen molar-refractivity contribution in [2.75, 3.05) is 7.11 Å². The van der Waals surface area contributed by atoms with E-state index in [0.29, 0.717) is 20.5 Å². The number of ether oxygens (including phenoxy) is 1. The van der Waals surface area contributed by atoms with E-state index in [0.717, 1.165) is 25.7 Å². The Labute approximate surface area is 155 Å². The van der Waals surface area contributed by atoms with E-state index >= 15 is 0 Å². The summed E-state index contributed by atoms with van der Waals surface area (Å²) in [6.07, 6.45) is 7.00. The van der Waals surface area contributed by atoms with Crippen LogP contribution in [0, 0.1) is 10.1 Å². The first-order valence-electron chi connectivity index (χ1n) is 8.10. The highest BCUT2D eigenvalue weighted by atomic mass is 32.2. The van der Waals surface area contributed by atoms with Crippen molar-refractivity contribution in [2.24, 2.45) is 0 Å². The lowest BCUT2D eigenvalue weighted by Crippen LogP contribution is -2.39. The third kappa shape index (κ3) is 3.69. The summed E-state index contributed by atoms with van der Waals surface area (Å²) >= 11 is 6.66. The number of methoxy groups -OCH3 is 1. The first-order valence-corrected chi connectivity index (χ1v) is 9.33. The van der Waals surface area contributed by atoms with E-state index < -0.39 is 4.92 Å². The Morgan fingerprint density at radius 2 is 2.08 bits per heavy atom. The molecule has 0 N–H and O–H groups in total. The Balaban J connectivity index is 1.91. The van der Waals surface area contributed by atoms with Crippen molar-refractivity contribution in [3.63, 3.8) is 0 Å². The standard InChI is InChI=1S/C17H18N2O4S2/c1-23-14-8-7-13(19(21)22)9-11(14)10-15-16(20)18(17(24)25-15)12-5-3-2-4-6-12/h7-10,12H,2-6H2,1H3/b15-10+. The Bertz CT molecular complexity index is 757. The molecule has 2 aliphatic rings. The van der Waals surface area contributed by atoms with Crippen LogP contribution in [0.2, 0.25) is 0 Å². The van der Waals surface area contributed by atoms with E-state index in [1.54, 1.807) is 11.0 Å². The zero-order valence-electron chi connectivity index (χ0n) is 13.8. The highest BCUT2D eigenvalue weighted by Gasteiger charge is 2.37. The van der Waals surface area contributed by atoms with Crippen molar-refractivity contribution >= 4 is 46.0 Å². The molecule has 25 heavy (non-hydrogen) atoms. The van der Waals surface area contributed by atoms with Crippen molar-refractivity contribution in [2.45, 2.75) is 38.1 Å². The number of benzene rings is 1. The molecule has 0 bridgehead atoms. The second-order valence-corrected chi connectivity index (χ2v) is 7.70. The summed E-state index contributed by atoms with van der Waals surface area (Å²) in [5.74, 6) is 0.365. The molecule has 1 saturated carbocycles. The molecule has 0 atom stereocenters. The number of rotatable bonds is 4. The molecule has 3 rings (SSSR count). The lowest BCUT2D eigenvalue weighted by atomic mass is 9.94. The molecule has 0 aromatic heterocycles. The van der Waals surface area contributed by atoms with Gasteiger partial charge in [-0.1, -0.05) is 43.2 Å². The number of nitro groups is 1. The van der Waals surface area contributed by atoms with E-state index in [2.05, 4.69) is 0 Å². The van der Waals surface area contributed by atoms with Crippen molar-refractivity contribution in [1.82, 2.24) is 4.90 Å². The molecule has 132 valence electrons. The average molecular weight is 378 g/mol. The first kappa shape index (κ1) is 17.9. The number of nitrogens with zero attached hydrogens (tertiary/aromatic N) is 2. The number of non-ortho nitro benzene ring substituents is 1. The first-order chi connectivity index (χ1) is 12.0. The Morgan fingerprint density at radius 3 is 2.72 bits per heavy atom. The average Bonchev–Trinajstić information content (AvgIpc) is 2.89. The van der Waals surface area contributed by atoms with Crippen LogP contribution in [-0.2, 0) is 4.79 Å². The van der Waals surface area contributed by atoms with Gasteiger partial charge in [0.1, 0.15) is 10.1 Å². The van der Waals surface area contributed by atoms with Gasteiger partial charge >= 0.3 is 0 Å². The summed E-state index contributed by atoms with van der Waals surface area (Å²) in [5.41, 5.74) is 0.454. The minimum absolute atomic E-state index is 0.0465. The molecular weight excluding hydrogens is 360 g/mol. The van der Waals surface area contributed by atoms with E-state index in [9.17, 15) is 14.9 Å². The number of hydrogen-bond donors (Lipinski definition) is 0. The summed E-state index contributed by atoms with van der Waals surface area (Å²) < 4.78 is 5.82. The maximum Gasteiger partial charge on any atom is 0.270 e. The minimum atomic E-state index is -0.468. The van der Waals surface area contributed by atoms with Gasteiger partial charge in [-0.2, -0.15) is 0 Å². The normalized spacial score (nSPS) is 20.4. The smallest absolute Gasteiger partial charge is 0.270 e. The molecule has 2 fully saturated rings.